The summed E-state index contributed by atoms with van der Waals surface area (Å²) in [4.78, 5) is 50.6. The van der Waals surface area contributed by atoms with Crippen LogP contribution in [0.2, 0.25) is 25.7 Å². The van der Waals surface area contributed by atoms with Crippen LogP contribution in [-0.2, 0) is 33.3 Å². The second-order valence-electron chi connectivity index (χ2n) is 12.6. The molecule has 198 valence electrons. The molecule has 9 nitrogen and oxygen atoms in total. The Hall–Kier alpha value is -2.36. The average molecular weight is 512 g/mol. The summed E-state index contributed by atoms with van der Waals surface area (Å²) >= 11 is 0. The molecule has 0 aromatic heterocycles. The lowest BCUT2D eigenvalue weighted by atomic mass is 9.97. The number of esters is 3. The standard InChI is InChI=1S/C25H41NO8Si/c1-23(2,3)20(28)33-14-15-13-16(34-21(29)24(4,5)6)17-18(19(27)31-7)25(15,17)26-22(30)32-11-12-35(8,9)10/h13,16-18H,11-12,14H2,1-10H3,(H,26,30)/t16-,17-,18+,25+/m1/s1. The fourth-order valence-corrected chi connectivity index (χ4v) is 4.72. The molecule has 1 amide bonds. The lowest BCUT2D eigenvalue weighted by molar-refractivity contribution is -0.158. The Kier molecular flexibility index (Phi) is 8.21. The van der Waals surface area contributed by atoms with Crippen LogP contribution in [0.3, 0.4) is 0 Å². The van der Waals surface area contributed by atoms with E-state index in [2.05, 4.69) is 25.0 Å². The van der Waals surface area contributed by atoms with Crippen LogP contribution in [0.25, 0.3) is 0 Å². The number of nitrogens with one attached hydrogen (secondary N) is 1. The quantitative estimate of drug-likeness (QED) is 0.227. The topological polar surface area (TPSA) is 117 Å². The highest BCUT2D eigenvalue weighted by Gasteiger charge is 2.78. The lowest BCUT2D eigenvalue weighted by Crippen LogP contribution is -2.44. The average Bonchev–Trinajstić information content (AvgIpc) is 3.25. The van der Waals surface area contributed by atoms with E-state index in [1.54, 1.807) is 47.6 Å². The summed E-state index contributed by atoms with van der Waals surface area (Å²) in [5.74, 6) is -2.83. The van der Waals surface area contributed by atoms with Crippen molar-refractivity contribution in [1.82, 2.24) is 5.32 Å². The van der Waals surface area contributed by atoms with Crippen molar-refractivity contribution in [3.63, 3.8) is 0 Å². The summed E-state index contributed by atoms with van der Waals surface area (Å²) in [6, 6.07) is 0.787. The second-order valence-corrected chi connectivity index (χ2v) is 18.2. The number of hydrogen-bond acceptors (Lipinski definition) is 8. The van der Waals surface area contributed by atoms with E-state index in [9.17, 15) is 19.2 Å². The number of amides is 1. The molecule has 0 saturated heterocycles. The number of carbonyl (C=O) groups is 4. The third kappa shape index (κ3) is 6.65. The van der Waals surface area contributed by atoms with Crippen molar-refractivity contribution < 1.29 is 38.1 Å². The zero-order chi connectivity index (χ0) is 27.0. The Bertz CT molecular complexity index is 893. The molecule has 1 fully saturated rings. The summed E-state index contributed by atoms with van der Waals surface area (Å²) < 4.78 is 21.7. The van der Waals surface area contributed by atoms with E-state index in [0.717, 1.165) is 6.04 Å². The van der Waals surface area contributed by atoms with E-state index in [0.29, 0.717) is 5.57 Å². The third-order valence-corrected chi connectivity index (χ3v) is 7.90. The highest BCUT2D eigenvalue weighted by Crippen LogP contribution is 2.62. The molecule has 0 aliphatic heterocycles. The number of carbonyl (C=O) groups excluding carboxylic acids is 4. The van der Waals surface area contributed by atoms with Gasteiger partial charge >= 0.3 is 24.0 Å². The van der Waals surface area contributed by atoms with Crippen LogP contribution in [0.15, 0.2) is 11.6 Å². The van der Waals surface area contributed by atoms with Crippen molar-refractivity contribution in [1.29, 1.82) is 0 Å². The van der Waals surface area contributed by atoms with Gasteiger partial charge in [-0.05, 0) is 59.2 Å². The van der Waals surface area contributed by atoms with Crippen LogP contribution in [0, 0.1) is 22.7 Å². The molecule has 1 saturated carbocycles. The van der Waals surface area contributed by atoms with Crippen molar-refractivity contribution >= 4 is 32.1 Å². The molecule has 2 aliphatic rings. The first-order chi connectivity index (χ1) is 15.8. The molecule has 0 radical (unpaired) electrons. The first-order valence-corrected chi connectivity index (χ1v) is 15.7. The van der Waals surface area contributed by atoms with E-state index >= 15 is 0 Å². The van der Waals surface area contributed by atoms with Crippen LogP contribution >= 0.6 is 0 Å². The van der Waals surface area contributed by atoms with Crippen LogP contribution in [-0.4, -0.2) is 64.0 Å². The van der Waals surface area contributed by atoms with Crippen LogP contribution in [0.5, 0.6) is 0 Å². The molecule has 2 aliphatic carbocycles. The molecule has 0 aromatic carbocycles. The van der Waals surface area contributed by atoms with Gasteiger partial charge in [-0.1, -0.05) is 19.6 Å². The Labute approximate surface area is 209 Å². The van der Waals surface area contributed by atoms with Gasteiger partial charge in [0.05, 0.1) is 36.0 Å². The molecule has 10 heteroatoms. The first-order valence-electron chi connectivity index (χ1n) is 12.0. The number of fused-ring (bicyclic) bond motifs is 1. The highest BCUT2D eigenvalue weighted by molar-refractivity contribution is 6.76. The molecule has 0 unspecified atom stereocenters. The summed E-state index contributed by atoms with van der Waals surface area (Å²) in [6.07, 6.45) is 0.179. The second kappa shape index (κ2) is 9.95. The van der Waals surface area contributed by atoms with Gasteiger partial charge in [0.15, 0.2) is 0 Å². The minimum atomic E-state index is -1.42. The molecule has 0 bridgehead atoms. The van der Waals surface area contributed by atoms with Gasteiger partial charge in [0.1, 0.15) is 12.7 Å². The van der Waals surface area contributed by atoms with Gasteiger partial charge in [-0.2, -0.15) is 0 Å². The zero-order valence-corrected chi connectivity index (χ0v) is 23.7. The Balaban J connectivity index is 2.33. The molecule has 1 N–H and O–H groups in total. The highest BCUT2D eigenvalue weighted by atomic mass is 28.3. The summed E-state index contributed by atoms with van der Waals surface area (Å²) in [6.45, 7) is 17.0. The van der Waals surface area contributed by atoms with E-state index in [-0.39, 0.29) is 13.2 Å². The van der Waals surface area contributed by atoms with Gasteiger partial charge in [-0.25, -0.2) is 4.79 Å². The monoisotopic (exact) mass is 511 g/mol. The van der Waals surface area contributed by atoms with E-state index < -0.39 is 66.4 Å². The normalized spacial score (nSPS) is 25.7. The SMILES string of the molecule is COC(=O)[C@@H]1[C@H]2[C@H](OC(=O)C(C)(C)C)C=C(COC(=O)C(C)(C)C)[C@]21NC(=O)OCC[Si](C)(C)C. The Morgan fingerprint density at radius 3 is 2.03 bits per heavy atom. The number of rotatable bonds is 8. The van der Waals surface area contributed by atoms with Crippen molar-refractivity contribution in [2.45, 2.75) is 78.9 Å². The van der Waals surface area contributed by atoms with Crippen LogP contribution in [0.4, 0.5) is 4.79 Å². The van der Waals surface area contributed by atoms with Crippen molar-refractivity contribution in [3.8, 4) is 0 Å². The van der Waals surface area contributed by atoms with E-state index in [1.165, 1.54) is 7.11 Å². The van der Waals surface area contributed by atoms with E-state index in [1.807, 2.05) is 0 Å². The number of methoxy groups -OCH3 is 1. The molecule has 0 aromatic rings. The van der Waals surface area contributed by atoms with Gasteiger partial charge in [-0.3, -0.25) is 14.4 Å². The van der Waals surface area contributed by atoms with Gasteiger partial charge in [0.25, 0.3) is 0 Å². The van der Waals surface area contributed by atoms with Crippen LogP contribution < -0.4 is 5.32 Å². The van der Waals surface area contributed by atoms with Gasteiger partial charge in [0.2, 0.25) is 0 Å². The maximum atomic E-state index is 12.8. The Morgan fingerprint density at radius 2 is 1.54 bits per heavy atom. The molecule has 35 heavy (non-hydrogen) atoms. The van der Waals surface area contributed by atoms with E-state index in [4.69, 9.17) is 18.9 Å². The van der Waals surface area contributed by atoms with Gasteiger partial charge < -0.3 is 24.3 Å². The van der Waals surface area contributed by atoms with Crippen molar-refractivity contribution in [3.05, 3.63) is 11.6 Å². The maximum Gasteiger partial charge on any atom is 0.407 e. The minimum Gasteiger partial charge on any atom is -0.469 e. The zero-order valence-electron chi connectivity index (χ0n) is 22.7. The fourth-order valence-electron chi connectivity index (χ4n) is 4.01. The van der Waals surface area contributed by atoms with Gasteiger partial charge in [0, 0.05) is 14.0 Å². The van der Waals surface area contributed by atoms with Crippen molar-refractivity contribution in [2.75, 3.05) is 20.3 Å². The smallest absolute Gasteiger partial charge is 0.407 e. The summed E-state index contributed by atoms with van der Waals surface area (Å²) in [5.41, 5.74) is -2.25. The fraction of sp³-hybridized carbons (Fsp3) is 0.760. The number of hydrogen-bond donors (Lipinski definition) is 1. The number of alkyl carbamates (subject to hydrolysis) is 1. The third-order valence-electron chi connectivity index (χ3n) is 6.19. The molecular weight excluding hydrogens is 470 g/mol. The summed E-state index contributed by atoms with van der Waals surface area (Å²) in [7, 11) is -0.164. The predicted octanol–water partition coefficient (Wildman–Crippen LogP) is 3.70. The molecule has 2 rings (SSSR count). The number of ether oxygens (including phenoxy) is 4. The molecular formula is C25H41NO8Si. The minimum absolute atomic E-state index is 0.168. The molecule has 0 spiro atoms. The Morgan fingerprint density at radius 1 is 0.971 bits per heavy atom. The van der Waals surface area contributed by atoms with Crippen LogP contribution in [0.1, 0.15) is 41.5 Å². The lowest BCUT2D eigenvalue weighted by Gasteiger charge is -2.23. The molecule has 4 atom stereocenters. The molecule has 0 heterocycles. The van der Waals surface area contributed by atoms with Gasteiger partial charge in [-0.15, -0.1) is 0 Å². The van der Waals surface area contributed by atoms with Crippen molar-refractivity contribution in [2.24, 2.45) is 22.7 Å². The largest absolute Gasteiger partial charge is 0.469 e. The first kappa shape index (κ1) is 28.9. The predicted molar refractivity (Wildman–Crippen MR) is 132 cm³/mol. The maximum absolute atomic E-state index is 12.8. The summed E-state index contributed by atoms with van der Waals surface area (Å²) in [5, 5.41) is 2.84.